The summed E-state index contributed by atoms with van der Waals surface area (Å²) in [7, 11) is 2.14. The van der Waals surface area contributed by atoms with Gasteiger partial charge in [-0.1, -0.05) is 42.5 Å². The molecule has 0 saturated carbocycles. The van der Waals surface area contributed by atoms with Crippen molar-refractivity contribution in [3.8, 4) is 11.8 Å². The van der Waals surface area contributed by atoms with Crippen molar-refractivity contribution in [3.05, 3.63) is 101 Å². The number of aromatic nitrogens is 1. The number of ether oxygens (including phenoxy) is 1. The highest BCUT2D eigenvalue weighted by atomic mass is 16.5. The number of fused-ring (bicyclic) bond motifs is 1. The lowest BCUT2D eigenvalue weighted by atomic mass is 9.96. The first kappa shape index (κ1) is 24.8. The SMILES string of the molecule is CN1CCC(Oc2ccc3c(C(=O)C(NCCc4ccc(C#N)cc4)c4ccccc4)c[nH]c3c2)CC1. The summed E-state index contributed by atoms with van der Waals surface area (Å²) < 4.78 is 6.25. The summed E-state index contributed by atoms with van der Waals surface area (Å²) >= 11 is 0. The van der Waals surface area contributed by atoms with Crippen molar-refractivity contribution in [2.75, 3.05) is 26.7 Å². The molecule has 0 amide bonds. The number of ketones is 1. The number of carbonyl (C=O) groups is 1. The monoisotopic (exact) mass is 492 g/mol. The van der Waals surface area contributed by atoms with Crippen LogP contribution >= 0.6 is 0 Å². The largest absolute Gasteiger partial charge is 0.490 e. The van der Waals surface area contributed by atoms with E-state index < -0.39 is 6.04 Å². The Kier molecular flexibility index (Phi) is 7.65. The number of nitriles is 1. The lowest BCUT2D eigenvalue weighted by Gasteiger charge is -2.29. The summed E-state index contributed by atoms with van der Waals surface area (Å²) in [5.41, 5.74) is 4.27. The molecule has 5 rings (SSSR count). The third kappa shape index (κ3) is 5.91. The molecule has 0 spiro atoms. The number of piperidine rings is 1. The van der Waals surface area contributed by atoms with Crippen LogP contribution in [0.5, 0.6) is 5.75 Å². The highest BCUT2D eigenvalue weighted by Gasteiger charge is 2.24. The Morgan fingerprint density at radius 1 is 1.11 bits per heavy atom. The van der Waals surface area contributed by atoms with Crippen LogP contribution in [0.4, 0.5) is 0 Å². The molecule has 4 aromatic rings. The summed E-state index contributed by atoms with van der Waals surface area (Å²) in [6.45, 7) is 2.73. The van der Waals surface area contributed by atoms with Gasteiger partial charge in [-0.25, -0.2) is 0 Å². The number of likely N-dealkylation sites (tertiary alicyclic amines) is 1. The third-order valence-corrected chi connectivity index (χ3v) is 7.13. The van der Waals surface area contributed by atoms with Crippen molar-refractivity contribution < 1.29 is 9.53 Å². The molecule has 1 aliphatic rings. The van der Waals surface area contributed by atoms with Gasteiger partial charge in [0.25, 0.3) is 0 Å². The lowest BCUT2D eigenvalue weighted by molar-refractivity contribution is 0.0945. The number of rotatable bonds is 9. The van der Waals surface area contributed by atoms with Crippen LogP contribution in [0.3, 0.4) is 0 Å². The van der Waals surface area contributed by atoms with Gasteiger partial charge in [0.2, 0.25) is 0 Å². The van der Waals surface area contributed by atoms with Crippen molar-refractivity contribution in [2.45, 2.75) is 31.4 Å². The van der Waals surface area contributed by atoms with Gasteiger partial charge in [0.15, 0.2) is 5.78 Å². The smallest absolute Gasteiger partial charge is 0.186 e. The molecular formula is C31H32N4O2. The Balaban J connectivity index is 1.32. The normalized spacial score (nSPS) is 15.4. The van der Waals surface area contributed by atoms with Gasteiger partial charge in [0, 0.05) is 48.4 Å². The van der Waals surface area contributed by atoms with Crippen LogP contribution in [-0.2, 0) is 6.42 Å². The second-order valence-electron chi connectivity index (χ2n) is 9.75. The number of hydrogen-bond donors (Lipinski definition) is 2. The number of hydrogen-bond acceptors (Lipinski definition) is 5. The molecule has 188 valence electrons. The number of nitrogens with one attached hydrogen (secondary N) is 2. The minimum absolute atomic E-state index is 0.0289. The summed E-state index contributed by atoms with van der Waals surface area (Å²) in [5, 5.41) is 13.4. The molecule has 0 radical (unpaired) electrons. The van der Waals surface area contributed by atoms with E-state index in [1.165, 1.54) is 0 Å². The van der Waals surface area contributed by atoms with E-state index in [4.69, 9.17) is 10.00 Å². The summed E-state index contributed by atoms with van der Waals surface area (Å²) in [4.78, 5) is 19.4. The lowest BCUT2D eigenvalue weighted by Crippen LogP contribution is -2.35. The van der Waals surface area contributed by atoms with Crippen LogP contribution in [0.25, 0.3) is 10.9 Å². The second kappa shape index (κ2) is 11.4. The summed E-state index contributed by atoms with van der Waals surface area (Å²) in [6.07, 6.45) is 4.84. The molecule has 6 nitrogen and oxygen atoms in total. The zero-order chi connectivity index (χ0) is 25.6. The van der Waals surface area contributed by atoms with Crippen molar-refractivity contribution in [1.29, 1.82) is 5.26 Å². The van der Waals surface area contributed by atoms with Crippen LogP contribution in [0.15, 0.2) is 79.0 Å². The van der Waals surface area contributed by atoms with Gasteiger partial charge in [0.05, 0.1) is 17.7 Å². The standard InChI is InChI=1S/C31H32N4O2/c1-35-17-14-25(15-18-35)37-26-11-12-27-28(21-34-29(27)19-26)31(36)30(24-5-3-2-4-6-24)33-16-13-22-7-9-23(20-32)10-8-22/h2-12,19,21,25,30,33-34H,13-18H2,1H3. The van der Waals surface area contributed by atoms with E-state index in [-0.39, 0.29) is 11.9 Å². The molecule has 6 heteroatoms. The number of aromatic amines is 1. The molecule has 1 aliphatic heterocycles. The molecule has 2 heterocycles. The molecule has 3 aromatic carbocycles. The second-order valence-corrected chi connectivity index (χ2v) is 9.75. The van der Waals surface area contributed by atoms with Crippen LogP contribution < -0.4 is 10.1 Å². The van der Waals surface area contributed by atoms with Crippen molar-refractivity contribution in [3.63, 3.8) is 0 Å². The average Bonchev–Trinajstić information content (AvgIpc) is 3.36. The maximum Gasteiger partial charge on any atom is 0.186 e. The van der Waals surface area contributed by atoms with E-state index >= 15 is 0 Å². The number of nitrogens with zero attached hydrogens (tertiary/aromatic N) is 2. The average molecular weight is 493 g/mol. The van der Waals surface area contributed by atoms with Gasteiger partial charge in [-0.3, -0.25) is 4.79 Å². The van der Waals surface area contributed by atoms with Crippen LogP contribution in [0, 0.1) is 11.3 Å². The number of carbonyl (C=O) groups excluding carboxylic acids is 1. The molecule has 1 aromatic heterocycles. The zero-order valence-corrected chi connectivity index (χ0v) is 21.1. The maximum absolute atomic E-state index is 13.8. The minimum Gasteiger partial charge on any atom is -0.490 e. The van der Waals surface area contributed by atoms with Gasteiger partial charge in [-0.05, 0) is 61.7 Å². The Morgan fingerprint density at radius 2 is 1.86 bits per heavy atom. The van der Waals surface area contributed by atoms with E-state index in [2.05, 4.69) is 28.3 Å². The predicted molar refractivity (Wildman–Crippen MR) is 146 cm³/mol. The molecule has 1 unspecified atom stereocenters. The van der Waals surface area contributed by atoms with Crippen LogP contribution in [0.1, 0.15) is 45.9 Å². The van der Waals surface area contributed by atoms with Gasteiger partial charge in [-0.15, -0.1) is 0 Å². The Bertz CT molecular complexity index is 1380. The fourth-order valence-electron chi connectivity index (χ4n) is 4.95. The zero-order valence-electron chi connectivity index (χ0n) is 21.1. The highest BCUT2D eigenvalue weighted by Crippen LogP contribution is 2.29. The summed E-state index contributed by atoms with van der Waals surface area (Å²) in [5.74, 6) is 0.865. The number of Topliss-reactive ketones (excluding diaryl/α,β-unsaturated/α-hetero) is 1. The van der Waals surface area contributed by atoms with Crippen LogP contribution in [0.2, 0.25) is 0 Å². The van der Waals surface area contributed by atoms with Gasteiger partial charge >= 0.3 is 0 Å². The first-order valence-electron chi connectivity index (χ1n) is 12.9. The molecule has 2 N–H and O–H groups in total. The van der Waals surface area contributed by atoms with E-state index in [1.807, 2.05) is 79.0 Å². The molecule has 37 heavy (non-hydrogen) atoms. The Hall–Kier alpha value is -3.92. The molecule has 1 fully saturated rings. The third-order valence-electron chi connectivity index (χ3n) is 7.13. The number of benzene rings is 3. The fraction of sp³-hybridized carbons (Fsp3) is 0.290. The van der Waals surface area contributed by atoms with Crippen molar-refractivity contribution in [2.24, 2.45) is 0 Å². The first-order chi connectivity index (χ1) is 18.1. The van der Waals surface area contributed by atoms with E-state index in [9.17, 15) is 4.79 Å². The quantitative estimate of drug-likeness (QED) is 0.311. The van der Waals surface area contributed by atoms with Crippen LogP contribution in [-0.4, -0.2) is 48.5 Å². The molecule has 1 atom stereocenters. The Labute approximate surface area is 217 Å². The van der Waals surface area contributed by atoms with E-state index in [0.29, 0.717) is 17.7 Å². The van der Waals surface area contributed by atoms with Gasteiger partial charge in [0.1, 0.15) is 11.9 Å². The molecule has 0 bridgehead atoms. The minimum atomic E-state index is -0.464. The topological polar surface area (TPSA) is 81.2 Å². The maximum atomic E-state index is 13.8. The van der Waals surface area contributed by atoms with Gasteiger partial charge < -0.3 is 19.9 Å². The highest BCUT2D eigenvalue weighted by molar-refractivity contribution is 6.10. The Morgan fingerprint density at radius 3 is 2.59 bits per heavy atom. The molecular weight excluding hydrogens is 460 g/mol. The fourth-order valence-corrected chi connectivity index (χ4v) is 4.95. The number of H-pyrrole nitrogens is 1. The van der Waals surface area contributed by atoms with Gasteiger partial charge in [-0.2, -0.15) is 5.26 Å². The van der Waals surface area contributed by atoms with E-state index in [0.717, 1.165) is 60.1 Å². The van der Waals surface area contributed by atoms with Crippen molar-refractivity contribution in [1.82, 2.24) is 15.2 Å². The first-order valence-corrected chi connectivity index (χ1v) is 12.9. The predicted octanol–water partition coefficient (Wildman–Crippen LogP) is 5.27. The molecule has 0 aliphatic carbocycles. The van der Waals surface area contributed by atoms with Crippen molar-refractivity contribution >= 4 is 16.7 Å². The summed E-state index contributed by atoms with van der Waals surface area (Å²) in [6, 6.07) is 25.1. The van der Waals surface area contributed by atoms with E-state index in [1.54, 1.807) is 0 Å². The molecule has 1 saturated heterocycles.